The van der Waals surface area contributed by atoms with Crippen LogP contribution in [0.4, 0.5) is 5.13 Å². The normalized spacial score (nSPS) is 11.1. The van der Waals surface area contributed by atoms with E-state index in [0.29, 0.717) is 21.3 Å². The fourth-order valence-electron chi connectivity index (χ4n) is 2.55. The van der Waals surface area contributed by atoms with Crippen molar-refractivity contribution >= 4 is 45.2 Å². The van der Waals surface area contributed by atoms with Gasteiger partial charge in [-0.3, -0.25) is 14.9 Å². The molecule has 3 heterocycles. The van der Waals surface area contributed by atoms with Crippen LogP contribution in [0.5, 0.6) is 0 Å². The van der Waals surface area contributed by atoms with Crippen molar-refractivity contribution in [3.8, 4) is 5.69 Å². The Bertz CT molecular complexity index is 1230. The standard InChI is InChI=1S/C17H15N7O2S2/c1-9-4-3-5-11(6-9)24-14-12(7-18-24)15(26)21-16(20-14)27-8-13(25)19-17-23-22-10(2)28-17/h3-7H,8H2,1-2H3,(H,19,23,25)(H,20,21,26). The third-order valence-electron chi connectivity index (χ3n) is 3.77. The summed E-state index contributed by atoms with van der Waals surface area (Å²) in [6.07, 6.45) is 1.49. The van der Waals surface area contributed by atoms with Crippen molar-refractivity contribution in [2.75, 3.05) is 11.1 Å². The number of nitrogens with one attached hydrogen (secondary N) is 2. The van der Waals surface area contributed by atoms with E-state index in [1.807, 2.05) is 38.1 Å². The molecule has 1 amide bonds. The molecule has 28 heavy (non-hydrogen) atoms. The lowest BCUT2D eigenvalue weighted by molar-refractivity contribution is -0.113. The lowest BCUT2D eigenvalue weighted by Gasteiger charge is -2.05. The molecule has 0 fully saturated rings. The minimum Gasteiger partial charge on any atom is -0.301 e. The number of benzene rings is 1. The van der Waals surface area contributed by atoms with E-state index in [9.17, 15) is 9.59 Å². The number of aromatic nitrogens is 6. The first-order valence-corrected chi connectivity index (χ1v) is 10.1. The molecule has 0 bridgehead atoms. The first kappa shape index (κ1) is 18.3. The first-order valence-electron chi connectivity index (χ1n) is 8.27. The van der Waals surface area contributed by atoms with Crippen molar-refractivity contribution < 1.29 is 4.79 Å². The van der Waals surface area contributed by atoms with Crippen molar-refractivity contribution in [3.05, 3.63) is 51.4 Å². The predicted octanol–water partition coefficient (Wildman–Crippen LogP) is 2.31. The molecule has 0 radical (unpaired) electrons. The molecule has 0 aliphatic rings. The van der Waals surface area contributed by atoms with Gasteiger partial charge in [0.15, 0.2) is 10.8 Å². The number of aromatic amines is 1. The lowest BCUT2D eigenvalue weighted by Crippen LogP contribution is -2.15. The Labute approximate surface area is 167 Å². The largest absolute Gasteiger partial charge is 0.301 e. The number of hydrogen-bond acceptors (Lipinski definition) is 8. The van der Waals surface area contributed by atoms with Gasteiger partial charge in [-0.1, -0.05) is 35.2 Å². The number of anilines is 1. The maximum absolute atomic E-state index is 12.4. The molecule has 0 saturated heterocycles. The van der Waals surface area contributed by atoms with Crippen molar-refractivity contribution in [1.82, 2.24) is 29.9 Å². The predicted molar refractivity (Wildman–Crippen MR) is 108 cm³/mol. The summed E-state index contributed by atoms with van der Waals surface area (Å²) in [5.41, 5.74) is 2.03. The maximum Gasteiger partial charge on any atom is 0.262 e. The van der Waals surface area contributed by atoms with Crippen LogP contribution in [0.1, 0.15) is 10.6 Å². The van der Waals surface area contributed by atoms with Crippen LogP contribution in [0.15, 0.2) is 40.4 Å². The fraction of sp³-hybridized carbons (Fsp3) is 0.176. The number of H-pyrrole nitrogens is 1. The van der Waals surface area contributed by atoms with E-state index >= 15 is 0 Å². The Hall–Kier alpha value is -3.05. The molecule has 0 saturated carbocycles. The Kier molecular flexibility index (Phi) is 4.92. The number of hydrogen-bond donors (Lipinski definition) is 2. The molecular formula is C17H15N7O2S2. The van der Waals surface area contributed by atoms with E-state index in [2.05, 4.69) is 30.6 Å². The van der Waals surface area contributed by atoms with E-state index in [-0.39, 0.29) is 17.2 Å². The zero-order valence-corrected chi connectivity index (χ0v) is 16.6. The molecule has 0 atom stereocenters. The zero-order valence-electron chi connectivity index (χ0n) is 15.0. The van der Waals surface area contributed by atoms with Gasteiger partial charge in [-0.2, -0.15) is 5.10 Å². The molecule has 11 heteroatoms. The van der Waals surface area contributed by atoms with Crippen LogP contribution in [0.3, 0.4) is 0 Å². The minimum absolute atomic E-state index is 0.0751. The Morgan fingerprint density at radius 1 is 1.32 bits per heavy atom. The second kappa shape index (κ2) is 7.52. The number of rotatable bonds is 5. The summed E-state index contributed by atoms with van der Waals surface area (Å²) in [6.45, 7) is 3.79. The fourth-order valence-corrected chi connectivity index (χ4v) is 3.82. The number of amides is 1. The van der Waals surface area contributed by atoms with Crippen LogP contribution in [-0.4, -0.2) is 41.6 Å². The van der Waals surface area contributed by atoms with Gasteiger partial charge in [0, 0.05) is 0 Å². The number of aryl methyl sites for hydroxylation is 2. The summed E-state index contributed by atoms with van der Waals surface area (Å²) in [7, 11) is 0. The summed E-state index contributed by atoms with van der Waals surface area (Å²) >= 11 is 2.43. The quantitative estimate of drug-likeness (QED) is 0.381. The molecular weight excluding hydrogens is 398 g/mol. The van der Waals surface area contributed by atoms with Gasteiger partial charge >= 0.3 is 0 Å². The summed E-state index contributed by atoms with van der Waals surface area (Å²) in [5.74, 6) is -0.179. The molecule has 4 aromatic rings. The Morgan fingerprint density at radius 2 is 2.18 bits per heavy atom. The highest BCUT2D eigenvalue weighted by atomic mass is 32.2. The van der Waals surface area contributed by atoms with Gasteiger partial charge in [-0.05, 0) is 31.5 Å². The SMILES string of the molecule is Cc1cccc(-n2ncc3c(=O)[nH]c(SCC(=O)Nc4nnc(C)s4)nc32)c1. The summed E-state index contributed by atoms with van der Waals surface area (Å²) < 4.78 is 1.62. The molecule has 0 aliphatic carbocycles. The Morgan fingerprint density at radius 3 is 2.93 bits per heavy atom. The van der Waals surface area contributed by atoms with Crippen LogP contribution >= 0.6 is 23.1 Å². The zero-order chi connectivity index (χ0) is 19.7. The second-order valence-corrected chi connectivity index (χ2v) is 8.11. The van der Waals surface area contributed by atoms with Gasteiger partial charge in [0.05, 0.1) is 17.6 Å². The highest BCUT2D eigenvalue weighted by Crippen LogP contribution is 2.19. The Balaban J connectivity index is 1.57. The highest BCUT2D eigenvalue weighted by molar-refractivity contribution is 7.99. The second-order valence-electron chi connectivity index (χ2n) is 5.97. The van der Waals surface area contributed by atoms with Crippen LogP contribution in [-0.2, 0) is 4.79 Å². The van der Waals surface area contributed by atoms with Gasteiger partial charge < -0.3 is 4.98 Å². The molecule has 9 nitrogen and oxygen atoms in total. The molecule has 142 valence electrons. The summed E-state index contributed by atoms with van der Waals surface area (Å²) in [5, 5.41) is 16.6. The maximum atomic E-state index is 12.4. The van der Waals surface area contributed by atoms with Gasteiger partial charge in [0.1, 0.15) is 10.4 Å². The number of fused-ring (bicyclic) bond motifs is 1. The average Bonchev–Trinajstić information content (AvgIpc) is 3.26. The average molecular weight is 413 g/mol. The van der Waals surface area contributed by atoms with Crippen molar-refractivity contribution in [2.45, 2.75) is 19.0 Å². The number of carbonyl (C=O) groups excluding carboxylic acids is 1. The number of nitrogens with zero attached hydrogens (tertiary/aromatic N) is 5. The summed E-state index contributed by atoms with van der Waals surface area (Å²) in [4.78, 5) is 31.6. The smallest absolute Gasteiger partial charge is 0.262 e. The summed E-state index contributed by atoms with van der Waals surface area (Å²) in [6, 6.07) is 7.75. The van der Waals surface area contributed by atoms with Crippen LogP contribution in [0, 0.1) is 13.8 Å². The van der Waals surface area contributed by atoms with Crippen molar-refractivity contribution in [2.24, 2.45) is 0 Å². The van der Waals surface area contributed by atoms with Crippen molar-refractivity contribution in [3.63, 3.8) is 0 Å². The molecule has 0 spiro atoms. The highest BCUT2D eigenvalue weighted by Gasteiger charge is 2.13. The third kappa shape index (κ3) is 3.80. The lowest BCUT2D eigenvalue weighted by atomic mass is 10.2. The van der Waals surface area contributed by atoms with Crippen LogP contribution < -0.4 is 10.9 Å². The van der Waals surface area contributed by atoms with E-state index in [4.69, 9.17) is 0 Å². The molecule has 0 unspecified atom stereocenters. The molecule has 2 N–H and O–H groups in total. The topological polar surface area (TPSA) is 118 Å². The van der Waals surface area contributed by atoms with Gasteiger partial charge in [0.2, 0.25) is 11.0 Å². The van der Waals surface area contributed by atoms with E-state index in [1.54, 1.807) is 4.68 Å². The molecule has 4 rings (SSSR count). The van der Waals surface area contributed by atoms with Crippen LogP contribution in [0.25, 0.3) is 16.7 Å². The monoisotopic (exact) mass is 413 g/mol. The molecule has 0 aliphatic heterocycles. The van der Waals surface area contributed by atoms with E-state index < -0.39 is 0 Å². The van der Waals surface area contributed by atoms with Gasteiger partial charge in [-0.25, -0.2) is 9.67 Å². The minimum atomic E-state index is -0.299. The number of thioether (sulfide) groups is 1. The van der Waals surface area contributed by atoms with Gasteiger partial charge in [-0.15, -0.1) is 10.2 Å². The molecule has 3 aromatic heterocycles. The first-order chi connectivity index (χ1) is 13.5. The van der Waals surface area contributed by atoms with Crippen molar-refractivity contribution in [1.29, 1.82) is 0 Å². The van der Waals surface area contributed by atoms with E-state index in [1.165, 1.54) is 17.5 Å². The number of carbonyl (C=O) groups is 1. The molecule has 1 aromatic carbocycles. The van der Waals surface area contributed by atoms with Gasteiger partial charge in [0.25, 0.3) is 5.56 Å². The van der Waals surface area contributed by atoms with E-state index in [0.717, 1.165) is 28.0 Å². The third-order valence-corrected chi connectivity index (χ3v) is 5.40. The van der Waals surface area contributed by atoms with Crippen LogP contribution in [0.2, 0.25) is 0 Å².